The molecule has 4 atom stereocenters. The Hall–Kier alpha value is -3.29. The van der Waals surface area contributed by atoms with Crippen LogP contribution in [0, 0.1) is 11.8 Å². The molecule has 33 heavy (non-hydrogen) atoms. The van der Waals surface area contributed by atoms with Crippen molar-refractivity contribution in [1.29, 1.82) is 0 Å². The lowest BCUT2D eigenvalue weighted by Gasteiger charge is -2.27. The van der Waals surface area contributed by atoms with E-state index < -0.39 is 5.60 Å². The molecule has 1 amide bonds. The lowest BCUT2D eigenvalue weighted by atomic mass is 9.86. The van der Waals surface area contributed by atoms with Crippen molar-refractivity contribution < 1.29 is 14.6 Å². The molecule has 2 saturated carbocycles. The molecule has 6 rings (SSSR count). The van der Waals surface area contributed by atoms with Crippen molar-refractivity contribution in [3.63, 3.8) is 0 Å². The van der Waals surface area contributed by atoms with Crippen LogP contribution in [0.1, 0.15) is 28.8 Å². The fourth-order valence-corrected chi connectivity index (χ4v) is 5.79. The quantitative estimate of drug-likeness (QED) is 0.356. The molecule has 0 spiro atoms. The normalized spacial score (nSPS) is 25.7. The lowest BCUT2D eigenvalue weighted by molar-refractivity contribution is 0.0293. The molecular weight excluding hydrogens is 440 g/mol. The number of aromatic nitrogens is 3. The molecule has 0 unspecified atom stereocenters. The van der Waals surface area contributed by atoms with E-state index in [4.69, 9.17) is 16.3 Å². The minimum atomic E-state index is -0.972. The number of hydrogen-bond donors (Lipinski definition) is 4. The lowest BCUT2D eigenvalue weighted by Crippen LogP contribution is -2.33. The summed E-state index contributed by atoms with van der Waals surface area (Å²) < 4.78 is 5.47. The summed E-state index contributed by atoms with van der Waals surface area (Å²) in [6.45, 7) is 0. The molecule has 2 aliphatic carbocycles. The van der Waals surface area contributed by atoms with Crippen LogP contribution < -0.4 is 10.1 Å². The monoisotopic (exact) mass is 462 g/mol. The molecular formula is C25H23ClN4O3. The van der Waals surface area contributed by atoms with Crippen LogP contribution in [0.2, 0.25) is 5.02 Å². The number of para-hydroxylation sites is 1. The standard InChI is InChI=1S/C25H23ClN4O3/c1-33-22-5-3-2-4-14(22)17-10-27-11-18(17)24(31)29-23-15-8-25(32,9-16(15)23)20-6-13(26)7-21-19(20)12-28-30-21/h2-7,10-12,15-16,23,27,32H,8-9H2,1H3,(H,28,30)(H,29,31)/t15-,16+,23+,25-. The van der Waals surface area contributed by atoms with Gasteiger partial charge in [0.15, 0.2) is 0 Å². The highest BCUT2D eigenvalue weighted by molar-refractivity contribution is 6.31. The summed E-state index contributed by atoms with van der Waals surface area (Å²) >= 11 is 6.28. The van der Waals surface area contributed by atoms with E-state index in [9.17, 15) is 9.90 Å². The van der Waals surface area contributed by atoms with Crippen molar-refractivity contribution in [1.82, 2.24) is 20.5 Å². The van der Waals surface area contributed by atoms with Gasteiger partial charge in [-0.3, -0.25) is 9.89 Å². The molecule has 168 valence electrons. The van der Waals surface area contributed by atoms with Crippen LogP contribution in [0.5, 0.6) is 5.75 Å². The van der Waals surface area contributed by atoms with Crippen molar-refractivity contribution in [3.05, 3.63) is 71.1 Å². The van der Waals surface area contributed by atoms with Crippen LogP contribution >= 0.6 is 11.6 Å². The van der Waals surface area contributed by atoms with Gasteiger partial charge in [0.05, 0.1) is 30.0 Å². The van der Waals surface area contributed by atoms with Gasteiger partial charge in [0.2, 0.25) is 0 Å². The fourth-order valence-electron chi connectivity index (χ4n) is 5.57. The first kappa shape index (κ1) is 20.3. The van der Waals surface area contributed by atoms with Gasteiger partial charge in [-0.05, 0) is 48.4 Å². The number of aromatic amines is 2. The number of nitrogens with one attached hydrogen (secondary N) is 3. The Labute approximate surface area is 195 Å². The number of carbonyl (C=O) groups excluding carboxylic acids is 1. The number of methoxy groups -OCH3 is 1. The largest absolute Gasteiger partial charge is 0.496 e. The molecule has 8 heteroatoms. The number of H-pyrrole nitrogens is 2. The number of nitrogens with zero attached hydrogens (tertiary/aromatic N) is 1. The van der Waals surface area contributed by atoms with Gasteiger partial charge < -0.3 is 20.1 Å². The highest BCUT2D eigenvalue weighted by Gasteiger charge is 2.62. The van der Waals surface area contributed by atoms with Gasteiger partial charge >= 0.3 is 0 Å². The second-order valence-electron chi connectivity index (χ2n) is 9.03. The Morgan fingerprint density at radius 3 is 2.79 bits per heavy atom. The average molecular weight is 463 g/mol. The van der Waals surface area contributed by atoms with Gasteiger partial charge in [-0.25, -0.2) is 0 Å². The summed E-state index contributed by atoms with van der Waals surface area (Å²) in [5.41, 5.74) is 2.89. The van der Waals surface area contributed by atoms with Gasteiger partial charge in [0.1, 0.15) is 5.75 Å². The van der Waals surface area contributed by atoms with Crippen LogP contribution in [-0.2, 0) is 5.60 Å². The SMILES string of the molecule is COc1ccccc1-c1c[nH]cc1C(=O)N[C@H]1[C@@H]2C[C@](O)(c3cc(Cl)cc4[nH]ncc34)C[C@@H]21. The third-order valence-electron chi connectivity index (χ3n) is 7.19. The summed E-state index contributed by atoms with van der Waals surface area (Å²) in [6, 6.07) is 11.3. The highest BCUT2D eigenvalue weighted by atomic mass is 35.5. The smallest absolute Gasteiger partial charge is 0.253 e. The van der Waals surface area contributed by atoms with Crippen molar-refractivity contribution in [2.75, 3.05) is 7.11 Å². The molecule has 0 radical (unpaired) electrons. The van der Waals surface area contributed by atoms with E-state index in [1.165, 1.54) is 0 Å². The van der Waals surface area contributed by atoms with Crippen LogP contribution in [0.4, 0.5) is 0 Å². The number of rotatable bonds is 5. The number of carbonyl (C=O) groups is 1. The van der Waals surface area contributed by atoms with Gasteiger partial charge in [-0.2, -0.15) is 5.10 Å². The number of amides is 1. The molecule has 0 saturated heterocycles. The van der Waals surface area contributed by atoms with Gasteiger partial charge in [-0.1, -0.05) is 29.8 Å². The Morgan fingerprint density at radius 2 is 2.00 bits per heavy atom. The van der Waals surface area contributed by atoms with Crippen LogP contribution in [0.15, 0.2) is 55.0 Å². The molecule has 2 aliphatic rings. The minimum Gasteiger partial charge on any atom is -0.496 e. The number of ether oxygens (including phenoxy) is 1. The highest BCUT2D eigenvalue weighted by Crippen LogP contribution is 2.60. The van der Waals surface area contributed by atoms with E-state index >= 15 is 0 Å². The Balaban J connectivity index is 1.19. The van der Waals surface area contributed by atoms with Crippen molar-refractivity contribution in [2.24, 2.45) is 11.8 Å². The number of hydrogen-bond acceptors (Lipinski definition) is 4. The third-order valence-corrected chi connectivity index (χ3v) is 7.41. The first-order valence-corrected chi connectivity index (χ1v) is 11.3. The predicted octanol–water partition coefficient (Wildman–Crippen LogP) is 4.25. The number of fused-ring (bicyclic) bond motifs is 2. The Morgan fingerprint density at radius 1 is 1.21 bits per heavy atom. The summed E-state index contributed by atoms with van der Waals surface area (Å²) in [5.74, 6) is 1.05. The van der Waals surface area contributed by atoms with Crippen molar-refractivity contribution in [3.8, 4) is 16.9 Å². The van der Waals surface area contributed by atoms with Gasteiger partial charge in [0.25, 0.3) is 5.91 Å². The fraction of sp³-hybridized carbons (Fsp3) is 0.280. The molecule has 2 aromatic heterocycles. The minimum absolute atomic E-state index is 0.0530. The summed E-state index contributed by atoms with van der Waals surface area (Å²) in [6.07, 6.45) is 6.42. The second kappa shape index (κ2) is 7.37. The van der Waals surface area contributed by atoms with Crippen molar-refractivity contribution in [2.45, 2.75) is 24.5 Å². The van der Waals surface area contributed by atoms with E-state index in [0.717, 1.165) is 27.6 Å². The zero-order valence-electron chi connectivity index (χ0n) is 17.9. The number of benzene rings is 2. The van der Waals surface area contributed by atoms with E-state index in [-0.39, 0.29) is 23.8 Å². The molecule has 0 bridgehead atoms. The number of aliphatic hydroxyl groups is 1. The van der Waals surface area contributed by atoms with Crippen molar-refractivity contribution >= 4 is 28.4 Å². The first-order chi connectivity index (χ1) is 16.0. The molecule has 4 N–H and O–H groups in total. The molecule has 4 aromatic rings. The predicted molar refractivity (Wildman–Crippen MR) is 125 cm³/mol. The molecule has 7 nitrogen and oxygen atoms in total. The summed E-state index contributed by atoms with van der Waals surface area (Å²) in [5, 5.41) is 23.1. The maximum absolute atomic E-state index is 13.1. The van der Waals surface area contributed by atoms with E-state index in [1.807, 2.05) is 42.6 Å². The Kier molecular flexibility index (Phi) is 4.54. The number of halogens is 1. The second-order valence-corrected chi connectivity index (χ2v) is 9.47. The third kappa shape index (κ3) is 3.22. The van der Waals surface area contributed by atoms with Crippen LogP contribution in [0.25, 0.3) is 22.0 Å². The topological polar surface area (TPSA) is 103 Å². The van der Waals surface area contributed by atoms with E-state index in [1.54, 1.807) is 19.5 Å². The molecule has 2 heterocycles. The van der Waals surface area contributed by atoms with Crippen LogP contribution in [0.3, 0.4) is 0 Å². The first-order valence-electron chi connectivity index (χ1n) is 10.9. The summed E-state index contributed by atoms with van der Waals surface area (Å²) in [4.78, 5) is 16.2. The van der Waals surface area contributed by atoms with Gasteiger partial charge in [-0.15, -0.1) is 0 Å². The summed E-state index contributed by atoms with van der Waals surface area (Å²) in [7, 11) is 1.62. The van der Waals surface area contributed by atoms with Crippen LogP contribution in [-0.4, -0.2) is 39.3 Å². The molecule has 0 aliphatic heterocycles. The van der Waals surface area contributed by atoms with E-state index in [2.05, 4.69) is 20.5 Å². The zero-order chi connectivity index (χ0) is 22.7. The molecule has 2 aromatic carbocycles. The molecule has 2 fully saturated rings. The van der Waals surface area contributed by atoms with E-state index in [0.29, 0.717) is 29.2 Å². The van der Waals surface area contributed by atoms with Gasteiger partial charge in [0, 0.05) is 40.0 Å². The Bertz CT molecular complexity index is 1370. The zero-order valence-corrected chi connectivity index (χ0v) is 18.7. The maximum Gasteiger partial charge on any atom is 0.253 e. The average Bonchev–Trinajstić information content (AvgIpc) is 3.31. The maximum atomic E-state index is 13.1.